The smallest absolute Gasteiger partial charge is 0.414 e. The fraction of sp³-hybridized carbons (Fsp3) is 0.320. The zero-order chi connectivity index (χ0) is 30.0. The maximum Gasteiger partial charge on any atom is 0.414 e. The van der Waals surface area contributed by atoms with Gasteiger partial charge in [-0.15, -0.1) is 0 Å². The molecule has 0 radical (unpaired) electrons. The van der Waals surface area contributed by atoms with Crippen molar-refractivity contribution in [3.63, 3.8) is 0 Å². The highest BCUT2D eigenvalue weighted by molar-refractivity contribution is 14.1. The molecule has 11 nitrogen and oxygen atoms in total. The fourth-order valence-electron chi connectivity index (χ4n) is 3.66. The Morgan fingerprint density at radius 1 is 1.24 bits per heavy atom. The summed E-state index contributed by atoms with van der Waals surface area (Å²) < 4.78 is 66.9. The van der Waals surface area contributed by atoms with Gasteiger partial charge in [-0.05, 0) is 29.3 Å². The SMILES string of the molecule is CN(C(=O)NCc1cccc(F)c1CI)[C@H](COC(=O)Nc1cc(-c2cccc(F)c2)no1)CC(F)(F)CN=[N+]=[N-]. The molecule has 0 bridgehead atoms. The van der Waals surface area contributed by atoms with Crippen LogP contribution in [0.3, 0.4) is 0 Å². The minimum Gasteiger partial charge on any atom is -0.447 e. The maximum atomic E-state index is 14.5. The number of alkyl halides is 3. The van der Waals surface area contributed by atoms with E-state index in [9.17, 15) is 27.2 Å². The number of azide groups is 1. The van der Waals surface area contributed by atoms with E-state index in [1.165, 1.54) is 43.4 Å². The van der Waals surface area contributed by atoms with Gasteiger partial charge in [0.2, 0.25) is 5.88 Å². The lowest BCUT2D eigenvalue weighted by Gasteiger charge is -2.30. The molecule has 0 fully saturated rings. The number of halogens is 5. The highest BCUT2D eigenvalue weighted by Gasteiger charge is 2.36. The van der Waals surface area contributed by atoms with E-state index in [1.807, 2.05) is 22.6 Å². The molecule has 0 saturated carbocycles. The van der Waals surface area contributed by atoms with Gasteiger partial charge in [-0.1, -0.05) is 57.1 Å². The van der Waals surface area contributed by atoms with Crippen LogP contribution >= 0.6 is 22.6 Å². The van der Waals surface area contributed by atoms with Gasteiger partial charge in [0.1, 0.15) is 23.9 Å². The number of urea groups is 1. The van der Waals surface area contributed by atoms with Gasteiger partial charge in [-0.3, -0.25) is 5.32 Å². The summed E-state index contributed by atoms with van der Waals surface area (Å²) in [6.07, 6.45) is -2.11. The highest BCUT2D eigenvalue weighted by Crippen LogP contribution is 2.25. The minimum atomic E-state index is -3.53. The molecule has 0 spiro atoms. The molecule has 3 amide bonds. The van der Waals surface area contributed by atoms with E-state index in [-0.39, 0.29) is 18.1 Å². The number of carbonyl (C=O) groups excluding carboxylic acids is 2. The Kier molecular flexibility index (Phi) is 11.2. The summed E-state index contributed by atoms with van der Waals surface area (Å²) in [7, 11) is 1.22. The van der Waals surface area contributed by atoms with Crippen LogP contribution in [-0.2, 0) is 15.7 Å². The van der Waals surface area contributed by atoms with Crippen LogP contribution in [0.1, 0.15) is 17.5 Å². The van der Waals surface area contributed by atoms with Crippen LogP contribution in [0.25, 0.3) is 21.7 Å². The number of aromatic nitrogens is 1. The van der Waals surface area contributed by atoms with Gasteiger partial charge >= 0.3 is 12.1 Å². The summed E-state index contributed by atoms with van der Waals surface area (Å²) in [6.45, 7) is -1.93. The molecule has 0 aliphatic carbocycles. The largest absolute Gasteiger partial charge is 0.447 e. The topological polar surface area (TPSA) is 145 Å². The third-order valence-corrected chi connectivity index (χ3v) is 6.57. The van der Waals surface area contributed by atoms with Gasteiger partial charge in [0.15, 0.2) is 0 Å². The van der Waals surface area contributed by atoms with Crippen LogP contribution in [-0.4, -0.2) is 54.3 Å². The first-order chi connectivity index (χ1) is 19.5. The van der Waals surface area contributed by atoms with E-state index >= 15 is 0 Å². The normalized spacial score (nSPS) is 11.8. The zero-order valence-corrected chi connectivity index (χ0v) is 23.6. The number of nitrogens with zero attached hydrogens (tertiary/aromatic N) is 5. The molecule has 3 rings (SSSR count). The fourth-order valence-corrected chi connectivity index (χ4v) is 4.51. The van der Waals surface area contributed by atoms with Gasteiger partial charge in [0.25, 0.3) is 5.92 Å². The molecular formula is C25H24F4IN7O4. The number of anilines is 1. The van der Waals surface area contributed by atoms with E-state index in [0.29, 0.717) is 21.1 Å². The number of rotatable bonds is 12. The van der Waals surface area contributed by atoms with Crippen LogP contribution in [0.5, 0.6) is 0 Å². The first-order valence-electron chi connectivity index (χ1n) is 11.9. The molecule has 0 saturated heterocycles. The average Bonchev–Trinajstić information content (AvgIpc) is 3.41. The number of nitrogens with one attached hydrogen (secondary N) is 2. The van der Waals surface area contributed by atoms with Crippen LogP contribution < -0.4 is 10.6 Å². The number of ether oxygens (including phenoxy) is 1. The average molecular weight is 689 g/mol. The van der Waals surface area contributed by atoms with E-state index in [0.717, 1.165) is 4.90 Å². The predicted molar refractivity (Wildman–Crippen MR) is 148 cm³/mol. The second-order valence-electron chi connectivity index (χ2n) is 8.69. The predicted octanol–water partition coefficient (Wildman–Crippen LogP) is 6.65. The molecule has 0 unspecified atom stereocenters. The van der Waals surface area contributed by atoms with Crippen LogP contribution in [0.4, 0.5) is 33.0 Å². The zero-order valence-electron chi connectivity index (χ0n) is 21.5. The van der Waals surface area contributed by atoms with Crippen molar-refractivity contribution in [1.82, 2.24) is 15.4 Å². The lowest BCUT2D eigenvalue weighted by molar-refractivity contribution is -0.0259. The lowest BCUT2D eigenvalue weighted by atomic mass is 10.1. The van der Waals surface area contributed by atoms with E-state index < -0.39 is 55.3 Å². The maximum absolute atomic E-state index is 14.5. The van der Waals surface area contributed by atoms with Crippen LogP contribution in [0.2, 0.25) is 0 Å². The molecule has 41 heavy (non-hydrogen) atoms. The number of amides is 3. The molecule has 2 aromatic carbocycles. The number of hydrogen-bond acceptors (Lipinski definition) is 6. The standard InChI is InChI=1S/C25H24F4IN7O4/c1-37(23(38)32-12-16-5-3-7-20(27)19(16)11-30)18(10-25(28,29)14-33-36-31)13-40-24(39)34-22-9-21(35-41-22)15-4-2-6-17(26)8-15/h2-9,18H,10-14H2,1H3,(H,32,38)(H,34,39)/t18-/m0/s1. The Morgan fingerprint density at radius 2 is 2.00 bits per heavy atom. The van der Waals surface area contributed by atoms with Gasteiger partial charge in [-0.2, -0.15) is 0 Å². The number of carbonyl (C=O) groups is 2. The first-order valence-corrected chi connectivity index (χ1v) is 13.4. The second kappa shape index (κ2) is 14.5. The van der Waals surface area contributed by atoms with Crippen LogP contribution in [0, 0.1) is 11.6 Å². The van der Waals surface area contributed by atoms with Gasteiger partial charge in [-0.25, -0.2) is 27.2 Å². The van der Waals surface area contributed by atoms with Crippen molar-refractivity contribution >= 4 is 40.6 Å². The van der Waals surface area contributed by atoms with E-state index in [2.05, 4.69) is 25.8 Å². The molecule has 2 N–H and O–H groups in total. The number of likely N-dealkylation sites (N-methyl/N-ethyl adjacent to an activating group) is 1. The molecule has 1 aromatic heterocycles. The summed E-state index contributed by atoms with van der Waals surface area (Å²) >= 11 is 1.98. The molecule has 16 heteroatoms. The lowest BCUT2D eigenvalue weighted by Crippen LogP contribution is -2.48. The molecule has 0 aliphatic rings. The molecule has 218 valence electrons. The van der Waals surface area contributed by atoms with Crippen molar-refractivity contribution in [2.24, 2.45) is 5.11 Å². The second-order valence-corrected chi connectivity index (χ2v) is 9.46. The van der Waals surface area contributed by atoms with Crippen LogP contribution in [0.15, 0.2) is 58.2 Å². The van der Waals surface area contributed by atoms with Crippen molar-refractivity contribution in [3.8, 4) is 11.3 Å². The van der Waals surface area contributed by atoms with Gasteiger partial charge in [0, 0.05) is 46.5 Å². The van der Waals surface area contributed by atoms with Crippen molar-refractivity contribution in [2.75, 3.05) is 25.5 Å². The molecule has 3 aromatic rings. The number of hydrogen-bond donors (Lipinski definition) is 2. The van der Waals surface area contributed by atoms with Crippen molar-refractivity contribution in [1.29, 1.82) is 0 Å². The summed E-state index contributed by atoms with van der Waals surface area (Å²) in [5.41, 5.74) is 9.92. The summed E-state index contributed by atoms with van der Waals surface area (Å²) in [5.74, 6) is -4.64. The molecule has 0 aliphatic heterocycles. The molecule has 1 atom stereocenters. The Hall–Kier alpha value is -4.05. The Morgan fingerprint density at radius 3 is 2.71 bits per heavy atom. The van der Waals surface area contributed by atoms with E-state index in [4.69, 9.17) is 14.8 Å². The monoisotopic (exact) mass is 689 g/mol. The van der Waals surface area contributed by atoms with Crippen molar-refractivity contribution < 1.29 is 36.4 Å². The Balaban J connectivity index is 1.66. The summed E-state index contributed by atoms with van der Waals surface area (Å²) in [6, 6.07) is 9.03. The Labute approximate surface area is 245 Å². The van der Waals surface area contributed by atoms with Gasteiger partial charge in [0.05, 0.1) is 12.6 Å². The third-order valence-electron chi connectivity index (χ3n) is 5.81. The molecule has 1 heterocycles. The third kappa shape index (κ3) is 9.24. The molecular weight excluding hydrogens is 665 g/mol. The first kappa shape index (κ1) is 31.5. The van der Waals surface area contributed by atoms with Crippen molar-refractivity contribution in [2.45, 2.75) is 29.4 Å². The van der Waals surface area contributed by atoms with E-state index in [1.54, 1.807) is 12.1 Å². The minimum absolute atomic E-state index is 0.0818. The number of benzene rings is 2. The van der Waals surface area contributed by atoms with Crippen molar-refractivity contribution in [3.05, 3.63) is 81.7 Å². The summed E-state index contributed by atoms with van der Waals surface area (Å²) in [4.78, 5) is 28.4. The highest BCUT2D eigenvalue weighted by atomic mass is 127. The summed E-state index contributed by atoms with van der Waals surface area (Å²) in [5, 5.41) is 11.4. The Bertz CT molecular complexity index is 1420. The van der Waals surface area contributed by atoms with Gasteiger partial charge < -0.3 is 19.5 Å². The quantitative estimate of drug-likeness (QED) is 0.0547.